The Hall–Kier alpha value is -1.73. The molecule has 22 heavy (non-hydrogen) atoms. The first-order chi connectivity index (χ1) is 10.6. The third-order valence-electron chi connectivity index (χ3n) is 4.06. The number of nitrogens with one attached hydrogen (secondary N) is 1. The normalized spacial score (nSPS) is 16.2. The van der Waals surface area contributed by atoms with Crippen molar-refractivity contribution >= 4 is 33.3 Å². The highest BCUT2D eigenvalue weighted by molar-refractivity contribution is 7.20. The minimum Gasteiger partial charge on any atom is -0.370 e. The van der Waals surface area contributed by atoms with Gasteiger partial charge in [-0.1, -0.05) is 0 Å². The number of anilines is 1. The van der Waals surface area contributed by atoms with Crippen molar-refractivity contribution in [1.29, 1.82) is 0 Å². The smallest absolute Gasteiger partial charge is 0.264 e. The molecule has 0 aromatic carbocycles. The molecule has 2 aromatic heterocycles. The predicted octanol–water partition coefficient (Wildman–Crippen LogP) is 1.82. The summed E-state index contributed by atoms with van der Waals surface area (Å²) in [6.07, 6.45) is 1.56. The van der Waals surface area contributed by atoms with Gasteiger partial charge in [-0.05, 0) is 26.5 Å². The maximum atomic E-state index is 12.8. The van der Waals surface area contributed by atoms with Crippen LogP contribution in [0.1, 0.15) is 22.2 Å². The van der Waals surface area contributed by atoms with E-state index in [-0.39, 0.29) is 5.91 Å². The van der Waals surface area contributed by atoms with Crippen LogP contribution in [0.15, 0.2) is 6.33 Å². The average molecular weight is 319 g/mol. The van der Waals surface area contributed by atoms with Gasteiger partial charge in [-0.15, -0.1) is 11.3 Å². The molecule has 0 aliphatic carbocycles. The summed E-state index contributed by atoms with van der Waals surface area (Å²) in [7, 11) is 2.09. The maximum Gasteiger partial charge on any atom is 0.264 e. The zero-order chi connectivity index (χ0) is 15.7. The van der Waals surface area contributed by atoms with E-state index in [0.29, 0.717) is 0 Å². The molecule has 0 unspecified atom stereocenters. The fraction of sp³-hybridized carbons (Fsp3) is 0.533. The first kappa shape index (κ1) is 15.2. The lowest BCUT2D eigenvalue weighted by Crippen LogP contribution is -2.47. The second-order valence-corrected chi connectivity index (χ2v) is 6.58. The number of thiophene rings is 1. The van der Waals surface area contributed by atoms with Crippen molar-refractivity contribution in [2.24, 2.45) is 0 Å². The first-order valence-electron chi connectivity index (χ1n) is 7.57. The van der Waals surface area contributed by atoms with E-state index >= 15 is 0 Å². The molecule has 1 aliphatic heterocycles. The molecule has 1 saturated heterocycles. The fourth-order valence-corrected chi connectivity index (χ4v) is 3.85. The van der Waals surface area contributed by atoms with Gasteiger partial charge < -0.3 is 15.1 Å². The quantitative estimate of drug-likeness (QED) is 0.935. The van der Waals surface area contributed by atoms with Crippen molar-refractivity contribution in [1.82, 2.24) is 19.8 Å². The second-order valence-electron chi connectivity index (χ2n) is 5.58. The summed E-state index contributed by atoms with van der Waals surface area (Å²) in [4.78, 5) is 27.3. The summed E-state index contributed by atoms with van der Waals surface area (Å²) >= 11 is 1.47. The van der Waals surface area contributed by atoms with E-state index < -0.39 is 0 Å². The van der Waals surface area contributed by atoms with Gasteiger partial charge in [-0.3, -0.25) is 4.79 Å². The summed E-state index contributed by atoms with van der Waals surface area (Å²) in [6, 6.07) is 0. The van der Waals surface area contributed by atoms with Gasteiger partial charge in [-0.2, -0.15) is 0 Å². The molecule has 1 amide bonds. The number of aromatic nitrogens is 2. The monoisotopic (exact) mass is 319 g/mol. The van der Waals surface area contributed by atoms with E-state index in [9.17, 15) is 4.79 Å². The van der Waals surface area contributed by atoms with Crippen LogP contribution in [0.3, 0.4) is 0 Å². The maximum absolute atomic E-state index is 12.8. The molecule has 0 bridgehead atoms. The molecule has 118 valence electrons. The Bertz CT molecular complexity index is 691. The average Bonchev–Trinajstić information content (AvgIpc) is 2.86. The SMILES string of the molecule is CCNc1ncnc2sc(C(=O)N3CCN(C)CC3)c(C)c12. The lowest BCUT2D eigenvalue weighted by atomic mass is 10.2. The van der Waals surface area contributed by atoms with Gasteiger partial charge in [0.1, 0.15) is 17.0 Å². The van der Waals surface area contributed by atoms with Crippen LogP contribution in [0.4, 0.5) is 5.82 Å². The molecule has 1 fully saturated rings. The van der Waals surface area contributed by atoms with Crippen LogP contribution in [-0.4, -0.2) is 65.4 Å². The third kappa shape index (κ3) is 2.66. The zero-order valence-corrected chi connectivity index (χ0v) is 14.0. The number of carbonyl (C=O) groups excluding carboxylic acids is 1. The van der Waals surface area contributed by atoms with E-state index in [1.807, 2.05) is 18.7 Å². The van der Waals surface area contributed by atoms with Crippen LogP contribution in [0.5, 0.6) is 0 Å². The van der Waals surface area contributed by atoms with Crippen molar-refractivity contribution in [2.45, 2.75) is 13.8 Å². The highest BCUT2D eigenvalue weighted by Gasteiger charge is 2.25. The summed E-state index contributed by atoms with van der Waals surface area (Å²) in [5.41, 5.74) is 0.987. The number of piperazine rings is 1. The van der Waals surface area contributed by atoms with Crippen molar-refractivity contribution in [3.05, 3.63) is 16.8 Å². The summed E-state index contributed by atoms with van der Waals surface area (Å²) < 4.78 is 0. The standard InChI is InChI=1S/C15H21N5OS/c1-4-16-13-11-10(2)12(22-14(11)18-9-17-13)15(21)20-7-5-19(3)6-8-20/h9H,4-8H2,1-3H3,(H,16,17,18). The third-order valence-corrected chi connectivity index (χ3v) is 5.24. The lowest BCUT2D eigenvalue weighted by molar-refractivity contribution is 0.0668. The molecule has 0 radical (unpaired) electrons. The van der Waals surface area contributed by atoms with Gasteiger partial charge in [0.15, 0.2) is 0 Å². The highest BCUT2D eigenvalue weighted by atomic mass is 32.1. The van der Waals surface area contributed by atoms with Crippen molar-refractivity contribution < 1.29 is 4.79 Å². The summed E-state index contributed by atoms with van der Waals surface area (Å²) in [5.74, 6) is 0.940. The van der Waals surface area contributed by atoms with Crippen LogP contribution in [0.25, 0.3) is 10.2 Å². The van der Waals surface area contributed by atoms with Crippen LogP contribution in [-0.2, 0) is 0 Å². The van der Waals surface area contributed by atoms with Gasteiger partial charge in [-0.25, -0.2) is 9.97 Å². The Morgan fingerprint density at radius 3 is 2.73 bits per heavy atom. The molecule has 6 nitrogen and oxygen atoms in total. The van der Waals surface area contributed by atoms with Crippen molar-refractivity contribution in [2.75, 3.05) is 45.1 Å². The molecule has 0 saturated carbocycles. The van der Waals surface area contributed by atoms with E-state index in [4.69, 9.17) is 0 Å². The molecule has 3 heterocycles. The Morgan fingerprint density at radius 1 is 1.32 bits per heavy atom. The van der Waals surface area contributed by atoms with Crippen LogP contribution < -0.4 is 5.32 Å². The number of likely N-dealkylation sites (N-methyl/N-ethyl adjacent to an activating group) is 1. The van der Waals surface area contributed by atoms with Gasteiger partial charge in [0, 0.05) is 32.7 Å². The number of rotatable bonds is 3. The topological polar surface area (TPSA) is 61.4 Å². The highest BCUT2D eigenvalue weighted by Crippen LogP contribution is 2.34. The predicted molar refractivity (Wildman–Crippen MR) is 89.7 cm³/mol. The van der Waals surface area contributed by atoms with E-state index in [1.54, 1.807) is 6.33 Å². The molecular formula is C15H21N5OS. The van der Waals surface area contributed by atoms with Gasteiger partial charge >= 0.3 is 0 Å². The minimum atomic E-state index is 0.121. The number of hydrogen-bond acceptors (Lipinski definition) is 6. The Balaban J connectivity index is 1.95. The lowest BCUT2D eigenvalue weighted by Gasteiger charge is -2.32. The van der Waals surface area contributed by atoms with E-state index in [2.05, 4.69) is 27.2 Å². The number of aryl methyl sites for hydroxylation is 1. The molecule has 1 N–H and O–H groups in total. The Kier molecular flexibility index (Phi) is 4.26. The van der Waals surface area contributed by atoms with E-state index in [0.717, 1.165) is 59.2 Å². The van der Waals surface area contributed by atoms with Crippen LogP contribution in [0, 0.1) is 6.92 Å². The Morgan fingerprint density at radius 2 is 2.05 bits per heavy atom. The number of carbonyl (C=O) groups is 1. The number of hydrogen-bond donors (Lipinski definition) is 1. The summed E-state index contributed by atoms with van der Waals surface area (Å²) in [6.45, 7) is 8.25. The summed E-state index contributed by atoms with van der Waals surface area (Å²) in [5, 5.41) is 4.23. The molecule has 7 heteroatoms. The minimum absolute atomic E-state index is 0.121. The Labute approximate surface area is 134 Å². The zero-order valence-electron chi connectivity index (χ0n) is 13.2. The van der Waals surface area contributed by atoms with Gasteiger partial charge in [0.2, 0.25) is 0 Å². The van der Waals surface area contributed by atoms with Crippen LogP contribution in [0.2, 0.25) is 0 Å². The van der Waals surface area contributed by atoms with Crippen LogP contribution >= 0.6 is 11.3 Å². The second kappa shape index (κ2) is 6.18. The first-order valence-corrected chi connectivity index (χ1v) is 8.39. The molecule has 0 spiro atoms. The molecule has 1 aliphatic rings. The molecule has 3 rings (SSSR count). The molecular weight excluding hydrogens is 298 g/mol. The molecule has 0 atom stereocenters. The number of fused-ring (bicyclic) bond motifs is 1. The van der Waals surface area contributed by atoms with Crippen molar-refractivity contribution in [3.63, 3.8) is 0 Å². The largest absolute Gasteiger partial charge is 0.370 e. The van der Waals surface area contributed by atoms with Gasteiger partial charge in [0.05, 0.1) is 10.3 Å². The number of nitrogens with zero attached hydrogens (tertiary/aromatic N) is 4. The van der Waals surface area contributed by atoms with Crippen molar-refractivity contribution in [3.8, 4) is 0 Å². The fourth-order valence-electron chi connectivity index (χ4n) is 2.73. The van der Waals surface area contributed by atoms with Gasteiger partial charge in [0.25, 0.3) is 5.91 Å². The molecule has 2 aromatic rings. The number of amides is 1. The van der Waals surface area contributed by atoms with E-state index in [1.165, 1.54) is 11.3 Å².